The standard InChI is InChI=1S/C52H47N/c1-34-14-7-8-15-39(34)23-21-35(2)49(32-37(4)50-33-42-16-9-10-17-44(42)46-18-11-12-19-47(46)50)43-29-30-48-45(28-22-36(3)52(48)38(43)5)40-24-26-41(27-25-40)51-20-13-31-53(51)6/h7-24,26,28-30,32-33,51H,2,4,25,27,31H2,1,3,5-6H3/b23-21-,49-32-. The molecular formula is C52H47N. The summed E-state index contributed by atoms with van der Waals surface area (Å²) in [5, 5.41) is 7.55. The summed E-state index contributed by atoms with van der Waals surface area (Å²) < 4.78 is 0. The Morgan fingerprint density at radius 1 is 0.717 bits per heavy atom. The molecule has 6 aromatic rings. The van der Waals surface area contributed by atoms with Crippen molar-refractivity contribution in [3.63, 3.8) is 0 Å². The lowest BCUT2D eigenvalue weighted by molar-refractivity contribution is 0.360. The average molecular weight is 686 g/mol. The van der Waals surface area contributed by atoms with Gasteiger partial charge >= 0.3 is 0 Å². The maximum Gasteiger partial charge on any atom is 0.0494 e. The highest BCUT2D eigenvalue weighted by Gasteiger charge is 2.23. The molecule has 1 aliphatic heterocycles. The molecule has 2 aliphatic rings. The van der Waals surface area contributed by atoms with Crippen molar-refractivity contribution in [3.05, 3.63) is 203 Å². The van der Waals surface area contributed by atoms with Crippen LogP contribution in [0.2, 0.25) is 0 Å². The number of hydrogen-bond acceptors (Lipinski definition) is 1. The van der Waals surface area contributed by atoms with Crippen LogP contribution >= 0.6 is 0 Å². The lowest BCUT2D eigenvalue weighted by atomic mass is 9.83. The second-order valence-corrected chi connectivity index (χ2v) is 14.8. The molecule has 1 heteroatoms. The summed E-state index contributed by atoms with van der Waals surface area (Å²) in [6, 6.07) is 37.8. The number of hydrogen-bond donors (Lipinski definition) is 0. The van der Waals surface area contributed by atoms with Crippen LogP contribution in [0.25, 0.3) is 55.1 Å². The average Bonchev–Trinajstić information content (AvgIpc) is 3.62. The monoisotopic (exact) mass is 685 g/mol. The molecule has 0 fully saturated rings. The third kappa shape index (κ3) is 6.47. The van der Waals surface area contributed by atoms with Crippen LogP contribution in [0.5, 0.6) is 0 Å². The van der Waals surface area contributed by atoms with Gasteiger partial charge in [0.05, 0.1) is 0 Å². The topological polar surface area (TPSA) is 3.24 Å². The Balaban J connectivity index is 1.26. The molecule has 0 saturated heterocycles. The first kappa shape index (κ1) is 34.3. The number of nitrogens with zero attached hydrogens (tertiary/aromatic N) is 1. The molecule has 260 valence electrons. The zero-order valence-corrected chi connectivity index (χ0v) is 31.4. The highest BCUT2D eigenvalue weighted by atomic mass is 15.1. The molecule has 1 aliphatic carbocycles. The SMILES string of the molecule is C=C(/C=C\c1ccccc1C)/C(=C/C(=C)c1cc2ccccc2c2ccccc12)c1ccc2c(C3=CC=C(C4C=CCN4C)CC3)ccc(C)c2c1C. The van der Waals surface area contributed by atoms with Gasteiger partial charge in [-0.2, -0.15) is 0 Å². The zero-order chi connectivity index (χ0) is 36.6. The summed E-state index contributed by atoms with van der Waals surface area (Å²) in [4.78, 5) is 2.42. The Kier molecular flexibility index (Phi) is 9.29. The van der Waals surface area contributed by atoms with Gasteiger partial charge in [0, 0.05) is 12.6 Å². The van der Waals surface area contributed by atoms with Crippen molar-refractivity contribution in [2.24, 2.45) is 0 Å². The first-order valence-electron chi connectivity index (χ1n) is 18.8. The van der Waals surface area contributed by atoms with E-state index >= 15 is 0 Å². The van der Waals surface area contributed by atoms with Crippen molar-refractivity contribution in [3.8, 4) is 0 Å². The van der Waals surface area contributed by atoms with Gasteiger partial charge in [0.25, 0.3) is 0 Å². The molecule has 53 heavy (non-hydrogen) atoms. The third-order valence-electron chi connectivity index (χ3n) is 11.5. The molecule has 1 heterocycles. The van der Waals surface area contributed by atoms with E-state index in [4.69, 9.17) is 13.2 Å². The van der Waals surface area contributed by atoms with E-state index in [9.17, 15) is 0 Å². The number of likely N-dealkylation sites (N-methyl/N-ethyl adjacent to an activating group) is 1. The van der Waals surface area contributed by atoms with Gasteiger partial charge in [-0.3, -0.25) is 4.90 Å². The van der Waals surface area contributed by atoms with E-state index in [2.05, 4.69) is 178 Å². The van der Waals surface area contributed by atoms with Gasteiger partial charge in [-0.15, -0.1) is 0 Å². The van der Waals surface area contributed by atoms with Crippen LogP contribution in [0.3, 0.4) is 0 Å². The van der Waals surface area contributed by atoms with Crippen molar-refractivity contribution in [1.29, 1.82) is 0 Å². The van der Waals surface area contributed by atoms with E-state index in [-0.39, 0.29) is 0 Å². The summed E-state index contributed by atoms with van der Waals surface area (Å²) in [5.41, 5.74) is 14.6. The minimum atomic E-state index is 0.424. The number of fused-ring (bicyclic) bond motifs is 4. The molecule has 8 rings (SSSR count). The summed E-state index contributed by atoms with van der Waals surface area (Å²) in [6.07, 6.45) is 18.1. The molecule has 0 amide bonds. The second kappa shape index (κ2) is 14.3. The van der Waals surface area contributed by atoms with E-state index in [1.54, 1.807) is 0 Å². The van der Waals surface area contributed by atoms with E-state index in [0.29, 0.717) is 6.04 Å². The second-order valence-electron chi connectivity index (χ2n) is 14.8. The molecule has 0 spiro atoms. The van der Waals surface area contributed by atoms with Crippen molar-refractivity contribution in [1.82, 2.24) is 4.90 Å². The number of allylic oxidation sites excluding steroid dienone is 8. The molecular weight excluding hydrogens is 639 g/mol. The Labute approximate surface area is 315 Å². The summed E-state index contributed by atoms with van der Waals surface area (Å²) in [6.45, 7) is 17.1. The highest BCUT2D eigenvalue weighted by Crippen LogP contribution is 2.40. The van der Waals surface area contributed by atoms with Gasteiger partial charge in [-0.1, -0.05) is 147 Å². The Bertz CT molecular complexity index is 2620. The molecule has 0 radical (unpaired) electrons. The van der Waals surface area contributed by atoms with E-state index in [0.717, 1.165) is 41.7 Å². The quantitative estimate of drug-likeness (QED) is 0.0876. The smallest absolute Gasteiger partial charge is 0.0494 e. The fourth-order valence-corrected chi connectivity index (χ4v) is 8.51. The molecule has 0 aromatic heterocycles. The van der Waals surface area contributed by atoms with E-state index in [1.165, 1.54) is 76.8 Å². The summed E-state index contributed by atoms with van der Waals surface area (Å²) in [7, 11) is 2.22. The highest BCUT2D eigenvalue weighted by molar-refractivity contribution is 6.13. The first-order chi connectivity index (χ1) is 25.8. The Morgan fingerprint density at radius 3 is 2.23 bits per heavy atom. The largest absolute Gasteiger partial charge is 0.293 e. The van der Waals surface area contributed by atoms with Crippen molar-refractivity contribution >= 4 is 55.1 Å². The molecule has 0 saturated carbocycles. The molecule has 0 bridgehead atoms. The van der Waals surface area contributed by atoms with Gasteiger partial charge in [0.15, 0.2) is 0 Å². The van der Waals surface area contributed by atoms with Crippen LogP contribution in [0.4, 0.5) is 0 Å². The predicted molar refractivity (Wildman–Crippen MR) is 232 cm³/mol. The van der Waals surface area contributed by atoms with Crippen molar-refractivity contribution < 1.29 is 0 Å². The van der Waals surface area contributed by atoms with Crippen LogP contribution in [0.15, 0.2) is 164 Å². The normalized spacial score (nSPS) is 16.5. The van der Waals surface area contributed by atoms with E-state index < -0.39 is 0 Å². The third-order valence-corrected chi connectivity index (χ3v) is 11.5. The minimum absolute atomic E-state index is 0.424. The van der Waals surface area contributed by atoms with Crippen LogP contribution in [0, 0.1) is 20.8 Å². The number of aryl methyl sites for hydroxylation is 3. The van der Waals surface area contributed by atoms with Gasteiger partial charge in [0.1, 0.15) is 0 Å². The van der Waals surface area contributed by atoms with Crippen LogP contribution < -0.4 is 0 Å². The maximum absolute atomic E-state index is 4.72. The number of benzene rings is 6. The number of rotatable bonds is 8. The van der Waals surface area contributed by atoms with Gasteiger partial charge < -0.3 is 0 Å². The van der Waals surface area contributed by atoms with Crippen molar-refractivity contribution in [2.45, 2.75) is 39.7 Å². The molecule has 6 aromatic carbocycles. The van der Waals surface area contributed by atoms with Crippen LogP contribution in [-0.2, 0) is 0 Å². The van der Waals surface area contributed by atoms with E-state index in [1.807, 2.05) is 0 Å². The van der Waals surface area contributed by atoms with Gasteiger partial charge in [0.2, 0.25) is 0 Å². The summed E-state index contributed by atoms with van der Waals surface area (Å²) >= 11 is 0. The lowest BCUT2D eigenvalue weighted by Crippen LogP contribution is -2.27. The molecule has 1 nitrogen and oxygen atoms in total. The van der Waals surface area contributed by atoms with Gasteiger partial charge in [-0.25, -0.2) is 0 Å². The minimum Gasteiger partial charge on any atom is -0.293 e. The molecule has 1 atom stereocenters. The molecule has 0 N–H and O–H groups in total. The summed E-state index contributed by atoms with van der Waals surface area (Å²) in [5.74, 6) is 0. The van der Waals surface area contributed by atoms with Gasteiger partial charge in [-0.05, 0) is 152 Å². The fourth-order valence-electron chi connectivity index (χ4n) is 8.51. The Hall–Kier alpha value is -5.76. The predicted octanol–water partition coefficient (Wildman–Crippen LogP) is 13.4. The first-order valence-corrected chi connectivity index (χ1v) is 18.8. The lowest BCUT2D eigenvalue weighted by Gasteiger charge is -2.25. The van der Waals surface area contributed by atoms with Crippen LogP contribution in [0.1, 0.15) is 51.8 Å². The molecule has 1 unspecified atom stereocenters. The fraction of sp³-hybridized carbons (Fsp3) is 0.154. The Morgan fingerprint density at radius 2 is 1.47 bits per heavy atom. The van der Waals surface area contributed by atoms with Crippen LogP contribution in [-0.4, -0.2) is 24.5 Å². The zero-order valence-electron chi connectivity index (χ0n) is 31.4. The van der Waals surface area contributed by atoms with Crippen molar-refractivity contribution in [2.75, 3.05) is 13.6 Å². The maximum atomic E-state index is 4.72.